The van der Waals surface area contributed by atoms with Crippen molar-refractivity contribution < 1.29 is 12.8 Å². The van der Waals surface area contributed by atoms with E-state index < -0.39 is 10.0 Å². The topological polar surface area (TPSA) is 58.2 Å². The number of anilines is 2. The quantitative estimate of drug-likeness (QED) is 0.883. The number of halogens is 2. The Kier molecular flexibility index (Phi) is 4.69. The van der Waals surface area contributed by atoms with Crippen molar-refractivity contribution in [1.29, 1.82) is 0 Å². The van der Waals surface area contributed by atoms with Crippen molar-refractivity contribution in [2.75, 3.05) is 16.3 Å². The molecule has 0 heterocycles. The van der Waals surface area contributed by atoms with Gasteiger partial charge in [-0.05, 0) is 35.9 Å². The molecule has 0 aliphatic rings. The van der Waals surface area contributed by atoms with E-state index in [0.29, 0.717) is 22.9 Å². The van der Waals surface area contributed by atoms with E-state index >= 15 is 0 Å². The summed E-state index contributed by atoms with van der Waals surface area (Å²) in [5, 5.41) is 3.55. The Morgan fingerprint density at radius 2 is 1.81 bits per heavy atom. The predicted molar refractivity (Wildman–Crippen MR) is 83.6 cm³/mol. The maximum absolute atomic E-state index is 12.8. The van der Waals surface area contributed by atoms with Crippen LogP contribution in [-0.2, 0) is 16.6 Å². The molecule has 0 aromatic heterocycles. The molecule has 2 aromatic rings. The molecule has 21 heavy (non-hydrogen) atoms. The first-order chi connectivity index (χ1) is 9.83. The Bertz CT molecular complexity index is 733. The van der Waals surface area contributed by atoms with Crippen molar-refractivity contribution in [3.8, 4) is 0 Å². The first-order valence-electron chi connectivity index (χ1n) is 6.09. The largest absolute Gasteiger partial charge is 0.380 e. The smallest absolute Gasteiger partial charge is 0.229 e. The van der Waals surface area contributed by atoms with Gasteiger partial charge in [0, 0.05) is 6.54 Å². The van der Waals surface area contributed by atoms with Gasteiger partial charge >= 0.3 is 0 Å². The van der Waals surface area contributed by atoms with Crippen LogP contribution in [0.5, 0.6) is 0 Å². The van der Waals surface area contributed by atoms with Gasteiger partial charge in [-0.15, -0.1) is 0 Å². The third kappa shape index (κ3) is 4.91. The SMILES string of the molecule is CS(=O)(=O)Nc1ccc(Cl)c(NCc2ccc(F)cc2)c1. The molecule has 0 spiro atoms. The fourth-order valence-electron chi connectivity index (χ4n) is 1.74. The van der Waals surface area contributed by atoms with Crippen molar-refractivity contribution in [3.63, 3.8) is 0 Å². The Morgan fingerprint density at radius 3 is 2.43 bits per heavy atom. The highest BCUT2D eigenvalue weighted by Gasteiger charge is 2.06. The number of benzene rings is 2. The molecule has 4 nitrogen and oxygen atoms in total. The zero-order chi connectivity index (χ0) is 15.5. The van der Waals surface area contributed by atoms with E-state index in [4.69, 9.17) is 11.6 Å². The fraction of sp³-hybridized carbons (Fsp3) is 0.143. The molecule has 0 radical (unpaired) electrons. The summed E-state index contributed by atoms with van der Waals surface area (Å²) in [5.74, 6) is -0.295. The van der Waals surface area contributed by atoms with Gasteiger partial charge in [-0.25, -0.2) is 12.8 Å². The lowest BCUT2D eigenvalue weighted by Crippen LogP contribution is -2.10. The summed E-state index contributed by atoms with van der Waals surface area (Å²) in [6.07, 6.45) is 1.08. The molecular weight excluding hydrogens is 315 g/mol. The zero-order valence-corrected chi connectivity index (χ0v) is 12.8. The first kappa shape index (κ1) is 15.6. The van der Waals surface area contributed by atoms with Crippen LogP contribution in [0, 0.1) is 5.82 Å². The second kappa shape index (κ2) is 6.32. The van der Waals surface area contributed by atoms with Crippen LogP contribution in [-0.4, -0.2) is 14.7 Å². The highest BCUT2D eigenvalue weighted by Crippen LogP contribution is 2.26. The van der Waals surface area contributed by atoms with Gasteiger partial charge in [-0.1, -0.05) is 23.7 Å². The maximum atomic E-state index is 12.8. The fourth-order valence-corrected chi connectivity index (χ4v) is 2.48. The molecule has 2 aromatic carbocycles. The summed E-state index contributed by atoms with van der Waals surface area (Å²) in [6.45, 7) is 0.447. The van der Waals surface area contributed by atoms with Crippen molar-refractivity contribution in [1.82, 2.24) is 0 Å². The second-order valence-electron chi connectivity index (χ2n) is 4.55. The van der Waals surface area contributed by atoms with Gasteiger partial charge in [0.2, 0.25) is 10.0 Å². The molecule has 7 heteroatoms. The van der Waals surface area contributed by atoms with Crippen LogP contribution in [0.15, 0.2) is 42.5 Å². The Morgan fingerprint density at radius 1 is 1.14 bits per heavy atom. The molecule has 0 bridgehead atoms. The lowest BCUT2D eigenvalue weighted by molar-refractivity contribution is 0.607. The van der Waals surface area contributed by atoms with Crippen molar-refractivity contribution in [3.05, 3.63) is 58.9 Å². The van der Waals surface area contributed by atoms with Gasteiger partial charge in [0.05, 0.1) is 22.7 Å². The van der Waals surface area contributed by atoms with Crippen LogP contribution in [0.1, 0.15) is 5.56 Å². The van der Waals surface area contributed by atoms with Crippen LogP contribution in [0.3, 0.4) is 0 Å². The normalized spacial score (nSPS) is 11.2. The molecular formula is C14H14ClFN2O2S. The lowest BCUT2D eigenvalue weighted by atomic mass is 10.2. The third-order valence-corrected chi connectivity index (χ3v) is 3.60. The molecule has 2 N–H and O–H groups in total. The molecule has 0 atom stereocenters. The third-order valence-electron chi connectivity index (χ3n) is 2.67. The Balaban J connectivity index is 2.12. The van der Waals surface area contributed by atoms with E-state index in [1.807, 2.05) is 0 Å². The average molecular weight is 329 g/mol. The van der Waals surface area contributed by atoms with Gasteiger partial charge in [0.25, 0.3) is 0 Å². The van der Waals surface area contributed by atoms with Gasteiger partial charge in [-0.2, -0.15) is 0 Å². The summed E-state index contributed by atoms with van der Waals surface area (Å²) in [6, 6.07) is 10.9. The van der Waals surface area contributed by atoms with E-state index in [1.165, 1.54) is 12.1 Å². The Hall–Kier alpha value is -1.79. The highest BCUT2D eigenvalue weighted by atomic mass is 35.5. The first-order valence-corrected chi connectivity index (χ1v) is 8.36. The van der Waals surface area contributed by atoms with Gasteiger partial charge in [-0.3, -0.25) is 4.72 Å². The number of sulfonamides is 1. The van der Waals surface area contributed by atoms with Crippen molar-refractivity contribution in [2.45, 2.75) is 6.54 Å². The van der Waals surface area contributed by atoms with Crippen LogP contribution in [0.25, 0.3) is 0 Å². The van der Waals surface area contributed by atoms with Crippen LogP contribution in [0.2, 0.25) is 5.02 Å². The van der Waals surface area contributed by atoms with Gasteiger partial charge < -0.3 is 5.32 Å². The number of hydrogen-bond acceptors (Lipinski definition) is 3. The van der Waals surface area contributed by atoms with E-state index in [9.17, 15) is 12.8 Å². The minimum Gasteiger partial charge on any atom is -0.380 e. The van der Waals surface area contributed by atoms with E-state index in [2.05, 4.69) is 10.0 Å². The lowest BCUT2D eigenvalue weighted by Gasteiger charge is -2.11. The monoisotopic (exact) mass is 328 g/mol. The molecule has 0 aliphatic heterocycles. The van der Waals surface area contributed by atoms with Gasteiger partial charge in [0.15, 0.2) is 0 Å². The summed E-state index contributed by atoms with van der Waals surface area (Å²) >= 11 is 6.06. The molecule has 0 saturated carbocycles. The predicted octanol–water partition coefficient (Wildman–Crippen LogP) is 3.46. The standard InChI is InChI=1S/C14H14ClFN2O2S/c1-21(19,20)18-12-6-7-13(15)14(8-12)17-9-10-2-4-11(16)5-3-10/h2-8,17-18H,9H2,1H3. The summed E-state index contributed by atoms with van der Waals surface area (Å²) < 4.78 is 37.6. The molecule has 0 unspecified atom stereocenters. The molecule has 0 fully saturated rings. The van der Waals surface area contributed by atoms with Crippen molar-refractivity contribution >= 4 is 33.0 Å². The van der Waals surface area contributed by atoms with Crippen LogP contribution >= 0.6 is 11.6 Å². The van der Waals surface area contributed by atoms with Gasteiger partial charge in [0.1, 0.15) is 5.82 Å². The van der Waals surface area contributed by atoms with E-state index in [1.54, 1.807) is 30.3 Å². The van der Waals surface area contributed by atoms with Crippen LogP contribution in [0.4, 0.5) is 15.8 Å². The molecule has 0 saturated heterocycles. The number of nitrogens with one attached hydrogen (secondary N) is 2. The maximum Gasteiger partial charge on any atom is 0.229 e. The molecule has 112 valence electrons. The van der Waals surface area contributed by atoms with E-state index in [0.717, 1.165) is 11.8 Å². The second-order valence-corrected chi connectivity index (χ2v) is 6.70. The van der Waals surface area contributed by atoms with Crippen LogP contribution < -0.4 is 10.0 Å². The minimum atomic E-state index is -3.34. The summed E-state index contributed by atoms with van der Waals surface area (Å²) in [5.41, 5.74) is 1.90. The van der Waals surface area contributed by atoms with Crippen molar-refractivity contribution in [2.24, 2.45) is 0 Å². The molecule has 0 amide bonds. The van der Waals surface area contributed by atoms with E-state index in [-0.39, 0.29) is 5.82 Å². The Labute approximate surface area is 128 Å². The summed E-state index contributed by atoms with van der Waals surface area (Å²) in [7, 11) is -3.34. The average Bonchev–Trinajstić information content (AvgIpc) is 2.39. The summed E-state index contributed by atoms with van der Waals surface area (Å²) in [4.78, 5) is 0. The number of rotatable bonds is 5. The molecule has 2 rings (SSSR count). The highest BCUT2D eigenvalue weighted by molar-refractivity contribution is 7.92. The minimum absolute atomic E-state index is 0.295. The number of hydrogen-bond donors (Lipinski definition) is 2. The molecule has 0 aliphatic carbocycles. The zero-order valence-electron chi connectivity index (χ0n) is 11.2.